The van der Waals surface area contributed by atoms with Crippen molar-refractivity contribution in [3.8, 4) is 11.5 Å². The van der Waals surface area contributed by atoms with Crippen molar-refractivity contribution in [3.63, 3.8) is 0 Å². The molecule has 130 valence electrons. The van der Waals surface area contributed by atoms with Gasteiger partial charge in [0, 0.05) is 24.1 Å². The lowest BCUT2D eigenvalue weighted by Gasteiger charge is -2.36. The summed E-state index contributed by atoms with van der Waals surface area (Å²) in [4.78, 5) is 15.2. The molecular formula is C22H25NO2. The summed E-state index contributed by atoms with van der Waals surface area (Å²) < 4.78 is 5.79. The quantitative estimate of drug-likeness (QED) is 0.726. The smallest absolute Gasteiger partial charge is 0.163 e. The molecule has 0 aliphatic carbocycles. The van der Waals surface area contributed by atoms with Crippen LogP contribution < -0.4 is 4.74 Å². The summed E-state index contributed by atoms with van der Waals surface area (Å²) in [5, 5.41) is 0. The molecule has 2 atom stereocenters. The van der Waals surface area contributed by atoms with Gasteiger partial charge in [0.1, 0.15) is 11.5 Å². The third kappa shape index (κ3) is 3.62. The number of carbonyl (C=O) groups is 1. The van der Waals surface area contributed by atoms with Crippen LogP contribution in [0.4, 0.5) is 0 Å². The molecule has 0 spiro atoms. The van der Waals surface area contributed by atoms with Crippen molar-refractivity contribution in [2.24, 2.45) is 5.92 Å². The lowest BCUT2D eigenvalue weighted by molar-refractivity contribution is 0.0882. The van der Waals surface area contributed by atoms with Crippen molar-refractivity contribution in [2.75, 3.05) is 7.05 Å². The molecule has 2 heterocycles. The predicted molar refractivity (Wildman–Crippen MR) is 99.2 cm³/mol. The van der Waals surface area contributed by atoms with Gasteiger partial charge in [-0.05, 0) is 75.0 Å². The van der Waals surface area contributed by atoms with Crippen molar-refractivity contribution in [1.29, 1.82) is 0 Å². The number of carbonyl (C=O) groups excluding carboxylic acids is 1. The zero-order chi connectivity index (χ0) is 17.2. The third-order valence-corrected chi connectivity index (χ3v) is 5.83. The molecule has 2 aliphatic heterocycles. The first-order valence-electron chi connectivity index (χ1n) is 9.27. The molecule has 0 aromatic heterocycles. The van der Waals surface area contributed by atoms with Gasteiger partial charge in [0.05, 0.1) is 0 Å². The highest BCUT2D eigenvalue weighted by Crippen LogP contribution is 2.39. The first-order chi connectivity index (χ1) is 12.2. The molecule has 2 bridgehead atoms. The lowest BCUT2D eigenvalue weighted by atomic mass is 9.86. The minimum Gasteiger partial charge on any atom is -0.457 e. The largest absolute Gasteiger partial charge is 0.457 e. The minimum absolute atomic E-state index is 0.264. The van der Waals surface area contributed by atoms with Gasteiger partial charge in [-0.3, -0.25) is 4.79 Å². The Morgan fingerprint density at radius 1 is 0.960 bits per heavy atom. The molecule has 2 fully saturated rings. The van der Waals surface area contributed by atoms with Gasteiger partial charge < -0.3 is 9.64 Å². The Morgan fingerprint density at radius 3 is 2.20 bits per heavy atom. The summed E-state index contributed by atoms with van der Waals surface area (Å²) in [7, 11) is 2.24. The van der Waals surface area contributed by atoms with Gasteiger partial charge in [0.25, 0.3) is 0 Å². The standard InChI is InChI=1S/C22H25NO2/c1-23-18-9-10-19(23)14-16(13-18)15-22(24)17-7-11-21(12-8-17)25-20-5-3-2-4-6-20/h2-8,11-12,16,18-19H,9-10,13-15H2,1H3. The molecule has 3 nitrogen and oxygen atoms in total. The van der Waals surface area contributed by atoms with Crippen molar-refractivity contribution in [2.45, 2.75) is 44.2 Å². The van der Waals surface area contributed by atoms with Gasteiger partial charge in [-0.25, -0.2) is 0 Å². The van der Waals surface area contributed by atoms with Crippen LogP contribution in [0.5, 0.6) is 11.5 Å². The summed E-state index contributed by atoms with van der Waals surface area (Å²) in [5.41, 5.74) is 0.798. The molecule has 3 heteroatoms. The molecule has 2 saturated heterocycles. The number of ether oxygens (including phenoxy) is 1. The molecule has 0 radical (unpaired) electrons. The van der Waals surface area contributed by atoms with E-state index >= 15 is 0 Å². The molecule has 2 aliphatic rings. The molecule has 0 saturated carbocycles. The molecule has 4 rings (SSSR count). The van der Waals surface area contributed by atoms with Crippen molar-refractivity contribution >= 4 is 5.78 Å². The van der Waals surface area contributed by atoms with E-state index in [2.05, 4.69) is 11.9 Å². The number of para-hydroxylation sites is 1. The van der Waals surface area contributed by atoms with Gasteiger partial charge in [-0.1, -0.05) is 18.2 Å². The molecule has 0 N–H and O–H groups in total. The highest BCUT2D eigenvalue weighted by atomic mass is 16.5. The van der Waals surface area contributed by atoms with Crippen molar-refractivity contribution in [1.82, 2.24) is 4.90 Å². The van der Waals surface area contributed by atoms with Gasteiger partial charge in [0.15, 0.2) is 5.78 Å². The molecule has 2 unspecified atom stereocenters. The lowest BCUT2D eigenvalue weighted by Crippen LogP contribution is -2.40. The summed E-state index contributed by atoms with van der Waals surface area (Å²) in [5.74, 6) is 2.38. The second-order valence-corrected chi connectivity index (χ2v) is 7.45. The first-order valence-corrected chi connectivity index (χ1v) is 9.27. The van der Waals surface area contributed by atoms with E-state index in [1.807, 2.05) is 54.6 Å². The number of nitrogens with zero attached hydrogens (tertiary/aromatic N) is 1. The Labute approximate surface area is 149 Å². The maximum atomic E-state index is 12.6. The van der Waals surface area contributed by atoms with Crippen LogP contribution in [0.3, 0.4) is 0 Å². The van der Waals surface area contributed by atoms with E-state index in [1.54, 1.807) is 0 Å². The fraction of sp³-hybridized carbons (Fsp3) is 0.409. The zero-order valence-electron chi connectivity index (χ0n) is 14.7. The SMILES string of the molecule is CN1C2CCC1CC(CC(=O)c1ccc(Oc3ccccc3)cc1)C2. The number of ketones is 1. The molecule has 2 aromatic carbocycles. The van der Waals surface area contributed by atoms with E-state index in [9.17, 15) is 4.79 Å². The van der Waals surface area contributed by atoms with Crippen molar-refractivity contribution < 1.29 is 9.53 Å². The van der Waals surface area contributed by atoms with E-state index in [0.717, 1.165) is 17.1 Å². The zero-order valence-corrected chi connectivity index (χ0v) is 14.7. The van der Waals surface area contributed by atoms with Gasteiger partial charge in [0.2, 0.25) is 0 Å². The first kappa shape index (κ1) is 16.3. The monoisotopic (exact) mass is 335 g/mol. The van der Waals surface area contributed by atoms with Crippen LogP contribution in [0.25, 0.3) is 0 Å². The van der Waals surface area contributed by atoms with Gasteiger partial charge >= 0.3 is 0 Å². The van der Waals surface area contributed by atoms with Crippen LogP contribution in [-0.4, -0.2) is 29.8 Å². The summed E-state index contributed by atoms with van der Waals surface area (Å²) >= 11 is 0. The van der Waals surface area contributed by atoms with Crippen LogP contribution >= 0.6 is 0 Å². The van der Waals surface area contributed by atoms with Crippen LogP contribution in [0.2, 0.25) is 0 Å². The highest BCUT2D eigenvalue weighted by molar-refractivity contribution is 5.96. The third-order valence-electron chi connectivity index (χ3n) is 5.83. The van der Waals surface area contributed by atoms with E-state index < -0.39 is 0 Å². The average Bonchev–Trinajstić information content (AvgIpc) is 2.84. The predicted octanol–water partition coefficient (Wildman–Crippen LogP) is 4.92. The fourth-order valence-electron chi connectivity index (χ4n) is 4.40. The van der Waals surface area contributed by atoms with E-state index in [1.165, 1.54) is 25.7 Å². The van der Waals surface area contributed by atoms with E-state index in [-0.39, 0.29) is 5.78 Å². The number of hydrogen-bond acceptors (Lipinski definition) is 3. The Balaban J connectivity index is 1.36. The van der Waals surface area contributed by atoms with Crippen LogP contribution in [0.15, 0.2) is 54.6 Å². The second-order valence-electron chi connectivity index (χ2n) is 7.45. The number of benzene rings is 2. The molecule has 0 amide bonds. The summed E-state index contributed by atoms with van der Waals surface area (Å²) in [6, 6.07) is 18.6. The molecular weight excluding hydrogens is 310 g/mol. The van der Waals surface area contributed by atoms with Gasteiger partial charge in [-0.2, -0.15) is 0 Å². The fourth-order valence-corrected chi connectivity index (χ4v) is 4.40. The van der Waals surface area contributed by atoms with E-state index in [0.29, 0.717) is 24.4 Å². The van der Waals surface area contributed by atoms with Crippen LogP contribution in [-0.2, 0) is 0 Å². The maximum absolute atomic E-state index is 12.6. The Hall–Kier alpha value is -2.13. The minimum atomic E-state index is 0.264. The molecule has 2 aromatic rings. The average molecular weight is 335 g/mol. The number of piperidine rings is 1. The second kappa shape index (κ2) is 7.01. The summed E-state index contributed by atoms with van der Waals surface area (Å²) in [6.45, 7) is 0. The number of rotatable bonds is 5. The number of Topliss-reactive ketones (excluding diaryl/α,β-unsaturated/α-hetero) is 1. The van der Waals surface area contributed by atoms with Crippen molar-refractivity contribution in [3.05, 3.63) is 60.2 Å². The number of fused-ring (bicyclic) bond motifs is 2. The Morgan fingerprint density at radius 2 is 1.56 bits per heavy atom. The highest BCUT2D eigenvalue weighted by Gasteiger charge is 2.38. The normalized spacial score (nSPS) is 25.7. The van der Waals surface area contributed by atoms with Crippen LogP contribution in [0.1, 0.15) is 42.5 Å². The van der Waals surface area contributed by atoms with E-state index in [4.69, 9.17) is 4.74 Å². The van der Waals surface area contributed by atoms with Gasteiger partial charge in [-0.15, -0.1) is 0 Å². The topological polar surface area (TPSA) is 29.5 Å². The Bertz CT molecular complexity index is 711. The molecule has 25 heavy (non-hydrogen) atoms. The summed E-state index contributed by atoms with van der Waals surface area (Å²) in [6.07, 6.45) is 5.64. The maximum Gasteiger partial charge on any atom is 0.163 e. The van der Waals surface area contributed by atoms with Crippen LogP contribution in [0, 0.1) is 5.92 Å². The Kier molecular flexibility index (Phi) is 4.58. The number of hydrogen-bond donors (Lipinski definition) is 0.